The molecule has 6 nitrogen and oxygen atoms in total. The monoisotopic (exact) mass is 268 g/mol. The SMILES string of the molecule is O=C(O)CNC(=O)CN1CCOc2cc(F)ccc21. The van der Waals surface area contributed by atoms with Gasteiger partial charge in [-0.25, -0.2) is 4.39 Å². The first-order valence-electron chi connectivity index (χ1n) is 5.72. The highest BCUT2D eigenvalue weighted by atomic mass is 19.1. The number of benzene rings is 1. The molecule has 1 aliphatic rings. The summed E-state index contributed by atoms with van der Waals surface area (Å²) in [5.41, 5.74) is 0.623. The van der Waals surface area contributed by atoms with Gasteiger partial charge in [0.15, 0.2) is 0 Å². The molecule has 0 aliphatic carbocycles. The third kappa shape index (κ3) is 3.34. The molecule has 1 aliphatic heterocycles. The molecule has 0 bridgehead atoms. The first-order chi connectivity index (χ1) is 9.06. The molecule has 1 aromatic rings. The lowest BCUT2D eigenvalue weighted by Crippen LogP contribution is -2.42. The molecule has 0 unspecified atom stereocenters. The van der Waals surface area contributed by atoms with Crippen LogP contribution in [0.25, 0.3) is 0 Å². The van der Waals surface area contributed by atoms with Crippen LogP contribution in [0.1, 0.15) is 0 Å². The third-order valence-electron chi connectivity index (χ3n) is 2.65. The Morgan fingerprint density at radius 3 is 3.00 bits per heavy atom. The first kappa shape index (κ1) is 13.1. The van der Waals surface area contributed by atoms with Gasteiger partial charge in [-0.1, -0.05) is 0 Å². The molecule has 19 heavy (non-hydrogen) atoms. The Bertz CT molecular complexity index is 507. The summed E-state index contributed by atoms with van der Waals surface area (Å²) in [5, 5.41) is 10.7. The van der Waals surface area contributed by atoms with E-state index in [1.807, 2.05) is 0 Å². The van der Waals surface area contributed by atoms with E-state index in [4.69, 9.17) is 9.84 Å². The number of carbonyl (C=O) groups is 2. The van der Waals surface area contributed by atoms with E-state index >= 15 is 0 Å². The van der Waals surface area contributed by atoms with Gasteiger partial charge in [-0.05, 0) is 12.1 Å². The number of halogens is 1. The zero-order chi connectivity index (χ0) is 13.8. The second kappa shape index (κ2) is 5.55. The summed E-state index contributed by atoms with van der Waals surface area (Å²) in [6.45, 7) is 0.427. The molecule has 0 radical (unpaired) electrons. The number of carboxylic acid groups (broad SMARTS) is 1. The average molecular weight is 268 g/mol. The second-order valence-corrected chi connectivity index (χ2v) is 4.05. The molecule has 7 heteroatoms. The van der Waals surface area contributed by atoms with E-state index in [-0.39, 0.29) is 6.54 Å². The molecule has 0 saturated carbocycles. The summed E-state index contributed by atoms with van der Waals surface area (Å²) in [6, 6.07) is 4.08. The van der Waals surface area contributed by atoms with Gasteiger partial charge in [-0.3, -0.25) is 9.59 Å². The van der Waals surface area contributed by atoms with Crippen LogP contribution >= 0.6 is 0 Å². The molecule has 102 valence electrons. The Hall–Kier alpha value is -2.31. The number of ether oxygens (including phenoxy) is 1. The number of nitrogens with one attached hydrogen (secondary N) is 1. The minimum atomic E-state index is -1.10. The summed E-state index contributed by atoms with van der Waals surface area (Å²) >= 11 is 0. The second-order valence-electron chi connectivity index (χ2n) is 4.05. The topological polar surface area (TPSA) is 78.9 Å². The molecule has 0 saturated heterocycles. The number of hydrogen-bond donors (Lipinski definition) is 2. The maximum Gasteiger partial charge on any atom is 0.322 e. The Balaban J connectivity index is 2.03. The van der Waals surface area contributed by atoms with Crippen LogP contribution in [-0.4, -0.2) is 43.2 Å². The van der Waals surface area contributed by atoms with Crippen molar-refractivity contribution >= 4 is 17.6 Å². The number of anilines is 1. The summed E-state index contributed by atoms with van der Waals surface area (Å²) in [6.07, 6.45) is 0. The van der Waals surface area contributed by atoms with Gasteiger partial charge in [0.1, 0.15) is 24.7 Å². The van der Waals surface area contributed by atoms with Crippen LogP contribution < -0.4 is 15.0 Å². The zero-order valence-electron chi connectivity index (χ0n) is 10.1. The number of carboxylic acids is 1. The van der Waals surface area contributed by atoms with Crippen LogP contribution in [0.5, 0.6) is 5.75 Å². The van der Waals surface area contributed by atoms with Crippen molar-refractivity contribution in [3.05, 3.63) is 24.0 Å². The lowest BCUT2D eigenvalue weighted by atomic mass is 10.2. The largest absolute Gasteiger partial charge is 0.489 e. The predicted molar refractivity (Wildman–Crippen MR) is 64.8 cm³/mol. The maximum absolute atomic E-state index is 13.1. The van der Waals surface area contributed by atoms with Gasteiger partial charge in [0.2, 0.25) is 5.91 Å². The van der Waals surface area contributed by atoms with Gasteiger partial charge >= 0.3 is 5.97 Å². The number of rotatable bonds is 4. The van der Waals surface area contributed by atoms with Crippen LogP contribution in [0.2, 0.25) is 0 Å². The van der Waals surface area contributed by atoms with Crippen LogP contribution in [0.3, 0.4) is 0 Å². The minimum Gasteiger partial charge on any atom is -0.489 e. The van der Waals surface area contributed by atoms with Crippen LogP contribution in [0, 0.1) is 5.82 Å². The number of carbonyl (C=O) groups excluding carboxylic acids is 1. The third-order valence-corrected chi connectivity index (χ3v) is 2.65. The normalized spacial score (nSPS) is 13.4. The Morgan fingerprint density at radius 2 is 2.26 bits per heavy atom. The predicted octanol–water partition coefficient (Wildman–Crippen LogP) is 0.225. The lowest BCUT2D eigenvalue weighted by Gasteiger charge is -2.30. The number of fused-ring (bicyclic) bond motifs is 1. The fourth-order valence-electron chi connectivity index (χ4n) is 1.82. The van der Waals surface area contributed by atoms with Gasteiger partial charge < -0.3 is 20.1 Å². The summed E-state index contributed by atoms with van der Waals surface area (Å²) in [5.74, 6) is -1.52. The van der Waals surface area contributed by atoms with Crippen molar-refractivity contribution < 1.29 is 23.8 Å². The molecule has 1 aromatic carbocycles. The fourth-order valence-corrected chi connectivity index (χ4v) is 1.82. The van der Waals surface area contributed by atoms with Crippen molar-refractivity contribution in [3.63, 3.8) is 0 Å². The Kier molecular flexibility index (Phi) is 3.84. The molecular weight excluding hydrogens is 255 g/mol. The Morgan fingerprint density at radius 1 is 1.47 bits per heavy atom. The highest BCUT2D eigenvalue weighted by Crippen LogP contribution is 2.31. The maximum atomic E-state index is 13.1. The summed E-state index contributed by atoms with van der Waals surface area (Å²) in [7, 11) is 0. The molecule has 2 N–H and O–H groups in total. The quantitative estimate of drug-likeness (QED) is 0.817. The number of hydrogen-bond acceptors (Lipinski definition) is 4. The van der Waals surface area contributed by atoms with Crippen molar-refractivity contribution in [2.75, 3.05) is 31.1 Å². The van der Waals surface area contributed by atoms with Crippen LogP contribution in [0.15, 0.2) is 18.2 Å². The molecule has 1 amide bonds. The van der Waals surface area contributed by atoms with E-state index in [0.717, 1.165) is 0 Å². The van der Waals surface area contributed by atoms with Gasteiger partial charge in [-0.2, -0.15) is 0 Å². The first-order valence-corrected chi connectivity index (χ1v) is 5.72. The van der Waals surface area contributed by atoms with E-state index in [1.54, 1.807) is 4.90 Å². The number of nitrogens with zero attached hydrogens (tertiary/aromatic N) is 1. The van der Waals surface area contributed by atoms with E-state index < -0.39 is 24.2 Å². The van der Waals surface area contributed by atoms with E-state index in [2.05, 4.69) is 5.32 Å². The van der Waals surface area contributed by atoms with Crippen LogP contribution in [0.4, 0.5) is 10.1 Å². The van der Waals surface area contributed by atoms with Crippen molar-refractivity contribution in [1.82, 2.24) is 5.32 Å². The smallest absolute Gasteiger partial charge is 0.322 e. The van der Waals surface area contributed by atoms with Crippen molar-refractivity contribution in [2.45, 2.75) is 0 Å². The lowest BCUT2D eigenvalue weighted by molar-refractivity contribution is -0.137. The summed E-state index contributed by atoms with van der Waals surface area (Å²) in [4.78, 5) is 23.6. The molecule has 0 spiro atoms. The van der Waals surface area contributed by atoms with Crippen molar-refractivity contribution in [3.8, 4) is 5.75 Å². The zero-order valence-corrected chi connectivity index (χ0v) is 10.1. The number of amides is 1. The summed E-state index contributed by atoms with van der Waals surface area (Å²) < 4.78 is 18.4. The van der Waals surface area contributed by atoms with Gasteiger partial charge in [-0.15, -0.1) is 0 Å². The standard InChI is InChI=1S/C12H13FN2O4/c13-8-1-2-9-10(5-8)19-4-3-15(9)7-11(16)14-6-12(17)18/h1-2,5H,3-4,6-7H2,(H,14,16)(H,17,18). The molecule has 1 heterocycles. The van der Waals surface area contributed by atoms with Crippen molar-refractivity contribution in [1.29, 1.82) is 0 Å². The van der Waals surface area contributed by atoms with Gasteiger partial charge in [0.05, 0.1) is 18.8 Å². The number of aliphatic carboxylic acids is 1. The van der Waals surface area contributed by atoms with E-state index in [1.165, 1.54) is 18.2 Å². The Labute approximate surface area is 108 Å². The highest BCUT2D eigenvalue weighted by molar-refractivity contribution is 5.85. The van der Waals surface area contributed by atoms with Gasteiger partial charge in [0, 0.05) is 6.07 Å². The molecule has 0 atom stereocenters. The van der Waals surface area contributed by atoms with Crippen molar-refractivity contribution in [2.24, 2.45) is 0 Å². The van der Waals surface area contributed by atoms with Gasteiger partial charge in [0.25, 0.3) is 0 Å². The van der Waals surface area contributed by atoms with E-state index in [9.17, 15) is 14.0 Å². The molecule has 0 aromatic heterocycles. The highest BCUT2D eigenvalue weighted by Gasteiger charge is 2.20. The molecule has 0 fully saturated rings. The molecule has 2 rings (SSSR count). The van der Waals surface area contributed by atoms with E-state index in [0.29, 0.717) is 24.6 Å². The minimum absolute atomic E-state index is 0.00920. The average Bonchev–Trinajstić information content (AvgIpc) is 2.36. The molecular formula is C12H13FN2O4. The fraction of sp³-hybridized carbons (Fsp3) is 0.333. The van der Waals surface area contributed by atoms with Crippen LogP contribution in [-0.2, 0) is 9.59 Å².